The molecule has 0 atom stereocenters. The lowest BCUT2D eigenvalue weighted by Gasteiger charge is -2.14. The monoisotopic (exact) mass is 438 g/mol. The first-order chi connectivity index (χ1) is 15.5. The zero-order valence-electron chi connectivity index (χ0n) is 18.0. The molecule has 2 N–H and O–H groups in total. The Morgan fingerprint density at radius 1 is 1.16 bits per heavy atom. The van der Waals surface area contributed by atoms with Crippen molar-refractivity contribution in [1.29, 1.82) is 0 Å². The van der Waals surface area contributed by atoms with Gasteiger partial charge < -0.3 is 24.5 Å². The maximum Gasteiger partial charge on any atom is 0.309 e. The fraction of sp³-hybridized carbons (Fsp3) is 0.261. The Morgan fingerprint density at radius 2 is 2.00 bits per heavy atom. The van der Waals surface area contributed by atoms with Crippen LogP contribution in [0.2, 0.25) is 0 Å². The van der Waals surface area contributed by atoms with E-state index in [2.05, 4.69) is 20.3 Å². The van der Waals surface area contributed by atoms with E-state index in [1.807, 2.05) is 13.0 Å². The Balaban J connectivity index is 1.63. The van der Waals surface area contributed by atoms with Crippen molar-refractivity contribution in [2.75, 3.05) is 25.6 Å². The quantitative estimate of drug-likeness (QED) is 0.387. The molecule has 2 aromatic heterocycles. The van der Waals surface area contributed by atoms with Gasteiger partial charge in [-0.05, 0) is 38.1 Å². The summed E-state index contributed by atoms with van der Waals surface area (Å²) in [4.78, 5) is 23.2. The molecule has 8 nitrogen and oxygen atoms in total. The van der Waals surface area contributed by atoms with Crippen molar-refractivity contribution in [1.82, 2.24) is 15.0 Å². The third-order valence-electron chi connectivity index (χ3n) is 4.92. The third-order valence-corrected chi connectivity index (χ3v) is 4.92. The van der Waals surface area contributed by atoms with Crippen LogP contribution in [0.15, 0.2) is 36.7 Å². The average molecular weight is 438 g/mol. The van der Waals surface area contributed by atoms with Crippen LogP contribution in [-0.2, 0) is 9.53 Å². The lowest BCUT2D eigenvalue weighted by atomic mass is 10.2. The van der Waals surface area contributed by atoms with Crippen molar-refractivity contribution >= 4 is 39.3 Å². The number of hydrogen-bond acceptors (Lipinski definition) is 7. The number of esters is 1. The van der Waals surface area contributed by atoms with E-state index in [4.69, 9.17) is 14.2 Å². The summed E-state index contributed by atoms with van der Waals surface area (Å²) in [6, 6.07) is 8.64. The van der Waals surface area contributed by atoms with Crippen LogP contribution in [0.5, 0.6) is 11.5 Å². The van der Waals surface area contributed by atoms with E-state index in [0.717, 1.165) is 11.2 Å². The number of hydrogen-bond donors (Lipinski definition) is 2. The van der Waals surface area contributed by atoms with E-state index in [-0.39, 0.29) is 24.8 Å². The number of benzene rings is 2. The van der Waals surface area contributed by atoms with Crippen LogP contribution in [0, 0.1) is 12.7 Å². The highest BCUT2D eigenvalue weighted by molar-refractivity contribution is 5.94. The molecule has 4 rings (SSSR count). The van der Waals surface area contributed by atoms with E-state index in [9.17, 15) is 4.79 Å². The Morgan fingerprint density at radius 3 is 2.78 bits per heavy atom. The van der Waals surface area contributed by atoms with Gasteiger partial charge >= 0.3 is 5.97 Å². The molecule has 0 fully saturated rings. The predicted molar refractivity (Wildman–Crippen MR) is 119 cm³/mol. The highest BCUT2D eigenvalue weighted by Crippen LogP contribution is 2.35. The molecule has 32 heavy (non-hydrogen) atoms. The minimum absolute atomic E-state index is 0.117. The minimum Gasteiger partial charge on any atom is -0.493 e. The summed E-state index contributed by atoms with van der Waals surface area (Å²) in [6.07, 6.45) is 1.50. The normalized spacial score (nSPS) is 11.0. The van der Waals surface area contributed by atoms with Gasteiger partial charge in [0.25, 0.3) is 0 Å². The largest absolute Gasteiger partial charge is 0.493 e. The molecule has 0 unspecified atom stereocenters. The number of aromatic nitrogens is 3. The summed E-state index contributed by atoms with van der Waals surface area (Å²) >= 11 is 0. The fourth-order valence-electron chi connectivity index (χ4n) is 3.45. The molecule has 0 amide bonds. The second kappa shape index (κ2) is 9.09. The topological polar surface area (TPSA) is 98.4 Å². The van der Waals surface area contributed by atoms with Gasteiger partial charge in [-0.25, -0.2) is 14.4 Å². The van der Waals surface area contributed by atoms with Crippen LogP contribution in [-0.4, -0.2) is 41.2 Å². The Labute approximate surface area is 183 Å². The van der Waals surface area contributed by atoms with Crippen molar-refractivity contribution in [3.63, 3.8) is 0 Å². The van der Waals surface area contributed by atoms with Crippen molar-refractivity contribution in [2.45, 2.75) is 20.3 Å². The van der Waals surface area contributed by atoms with E-state index in [0.29, 0.717) is 45.9 Å². The Bertz CT molecular complexity index is 1290. The first-order valence-corrected chi connectivity index (χ1v) is 10.2. The number of carbonyl (C=O) groups is 1. The van der Waals surface area contributed by atoms with Crippen LogP contribution in [0.4, 0.5) is 15.9 Å². The molecule has 2 aromatic carbocycles. The van der Waals surface area contributed by atoms with Gasteiger partial charge in [-0.1, -0.05) is 0 Å². The van der Waals surface area contributed by atoms with Crippen molar-refractivity contribution < 1.29 is 23.4 Å². The van der Waals surface area contributed by atoms with Crippen LogP contribution in [0.3, 0.4) is 0 Å². The molecule has 4 aromatic rings. The average Bonchev–Trinajstić information content (AvgIpc) is 3.17. The van der Waals surface area contributed by atoms with Gasteiger partial charge in [0.1, 0.15) is 12.1 Å². The van der Waals surface area contributed by atoms with Gasteiger partial charge in [0, 0.05) is 28.0 Å². The standard InChI is InChI=1S/C23H23FN4O4/c1-4-31-21(29)7-8-32-20-11-18-15(10-19(20)30-3)23(26-12-25-18)28-17-6-5-16-14(22(17)24)9-13(2)27-16/h5-6,9-12,27H,4,7-8H2,1-3H3,(H,25,26,28). The van der Waals surface area contributed by atoms with Gasteiger partial charge in [0.15, 0.2) is 17.3 Å². The first-order valence-electron chi connectivity index (χ1n) is 10.2. The lowest BCUT2D eigenvalue weighted by Crippen LogP contribution is -2.10. The maximum atomic E-state index is 15.0. The number of aryl methyl sites for hydroxylation is 1. The number of nitrogens with zero attached hydrogens (tertiary/aromatic N) is 2. The third kappa shape index (κ3) is 4.27. The molecule has 0 saturated carbocycles. The number of methoxy groups -OCH3 is 1. The highest BCUT2D eigenvalue weighted by Gasteiger charge is 2.15. The molecule has 0 radical (unpaired) electrons. The van der Waals surface area contributed by atoms with Gasteiger partial charge in [-0.2, -0.15) is 0 Å². The molecule has 9 heteroatoms. The van der Waals surface area contributed by atoms with Crippen LogP contribution in [0.1, 0.15) is 19.0 Å². The molecule has 0 saturated heterocycles. The number of H-pyrrole nitrogens is 1. The SMILES string of the molecule is CCOC(=O)CCOc1cc2ncnc(Nc3ccc4[nH]c(C)cc4c3F)c2cc1OC. The molecule has 166 valence electrons. The summed E-state index contributed by atoms with van der Waals surface area (Å²) in [5, 5.41) is 4.19. The molecule has 0 aliphatic heterocycles. The maximum absolute atomic E-state index is 15.0. The number of nitrogens with one attached hydrogen (secondary N) is 2. The van der Waals surface area contributed by atoms with Crippen LogP contribution in [0.25, 0.3) is 21.8 Å². The molecule has 0 aliphatic carbocycles. The second-order valence-corrected chi connectivity index (χ2v) is 7.11. The number of halogens is 1. The zero-order chi connectivity index (χ0) is 22.7. The fourth-order valence-corrected chi connectivity index (χ4v) is 3.45. The summed E-state index contributed by atoms with van der Waals surface area (Å²) < 4.78 is 31.1. The van der Waals surface area contributed by atoms with Gasteiger partial charge in [-0.15, -0.1) is 0 Å². The number of carbonyl (C=O) groups excluding carboxylic acids is 1. The molecule has 0 spiro atoms. The lowest BCUT2D eigenvalue weighted by molar-refractivity contribution is -0.143. The number of rotatable bonds is 8. The van der Waals surface area contributed by atoms with Crippen molar-refractivity contribution in [2.24, 2.45) is 0 Å². The van der Waals surface area contributed by atoms with Gasteiger partial charge in [0.2, 0.25) is 0 Å². The molecule has 0 bridgehead atoms. The summed E-state index contributed by atoms with van der Waals surface area (Å²) in [6.45, 7) is 4.09. The van der Waals surface area contributed by atoms with E-state index in [1.54, 1.807) is 31.2 Å². The molecular weight excluding hydrogens is 415 g/mol. The van der Waals surface area contributed by atoms with Crippen LogP contribution >= 0.6 is 0 Å². The van der Waals surface area contributed by atoms with E-state index < -0.39 is 0 Å². The van der Waals surface area contributed by atoms with E-state index in [1.165, 1.54) is 13.4 Å². The summed E-state index contributed by atoms with van der Waals surface area (Å²) in [5.74, 6) is 0.597. The second-order valence-electron chi connectivity index (χ2n) is 7.11. The van der Waals surface area contributed by atoms with Gasteiger partial charge in [0.05, 0.1) is 37.9 Å². The molecular formula is C23H23FN4O4. The Hall–Kier alpha value is -3.88. The first kappa shape index (κ1) is 21.4. The van der Waals surface area contributed by atoms with Gasteiger partial charge in [-0.3, -0.25) is 4.79 Å². The molecule has 0 aliphatic rings. The smallest absolute Gasteiger partial charge is 0.309 e. The summed E-state index contributed by atoms with van der Waals surface area (Å²) in [5.41, 5.74) is 2.48. The number of aromatic amines is 1. The number of ether oxygens (including phenoxy) is 3. The van der Waals surface area contributed by atoms with Crippen molar-refractivity contribution in [3.8, 4) is 11.5 Å². The molecule has 2 heterocycles. The minimum atomic E-state index is -0.371. The zero-order valence-corrected chi connectivity index (χ0v) is 18.0. The van der Waals surface area contributed by atoms with Crippen molar-refractivity contribution in [3.05, 3.63) is 48.2 Å². The van der Waals surface area contributed by atoms with Crippen LogP contribution < -0.4 is 14.8 Å². The summed E-state index contributed by atoms with van der Waals surface area (Å²) in [7, 11) is 1.51. The highest BCUT2D eigenvalue weighted by atomic mass is 19.1. The Kier molecular flexibility index (Phi) is 6.07. The number of fused-ring (bicyclic) bond motifs is 2. The predicted octanol–water partition coefficient (Wildman–Crippen LogP) is 4.64. The van der Waals surface area contributed by atoms with E-state index >= 15 is 4.39 Å². The number of anilines is 2.